The van der Waals surface area contributed by atoms with Crippen molar-refractivity contribution in [1.29, 1.82) is 0 Å². The molecule has 0 bridgehead atoms. The summed E-state index contributed by atoms with van der Waals surface area (Å²) in [6, 6.07) is 8.56. The molecule has 0 saturated carbocycles. The van der Waals surface area contributed by atoms with Gasteiger partial charge in [-0.25, -0.2) is 4.79 Å². The molecule has 0 aromatic heterocycles. The Kier molecular flexibility index (Phi) is 5.34. The molecule has 2 heteroatoms. The molecule has 0 heterocycles. The fourth-order valence-corrected chi connectivity index (χ4v) is 1.53. The monoisotopic (exact) mass is 218 g/mol. The van der Waals surface area contributed by atoms with Crippen LogP contribution >= 0.6 is 0 Å². The zero-order valence-electron chi connectivity index (χ0n) is 9.65. The number of aliphatic carboxylic acids is 1. The highest BCUT2D eigenvalue weighted by Crippen LogP contribution is 2.08. The van der Waals surface area contributed by atoms with Crippen LogP contribution in [0.15, 0.2) is 36.4 Å². The van der Waals surface area contributed by atoms with Crippen LogP contribution in [0.4, 0.5) is 0 Å². The van der Waals surface area contributed by atoms with Gasteiger partial charge in [-0.3, -0.25) is 0 Å². The van der Waals surface area contributed by atoms with Crippen LogP contribution in [0.1, 0.15) is 30.4 Å². The molecule has 0 aliphatic rings. The first kappa shape index (κ1) is 12.5. The predicted molar refractivity (Wildman–Crippen MR) is 65.5 cm³/mol. The Balaban J connectivity index is 2.16. The Morgan fingerprint density at radius 2 is 1.94 bits per heavy atom. The molecule has 0 atom stereocenters. The molecule has 1 rings (SSSR count). The molecular weight excluding hydrogens is 200 g/mol. The molecule has 16 heavy (non-hydrogen) atoms. The summed E-state index contributed by atoms with van der Waals surface area (Å²) in [4.78, 5) is 10.2. The molecule has 1 aromatic rings. The second-order valence-corrected chi connectivity index (χ2v) is 3.97. The van der Waals surface area contributed by atoms with Gasteiger partial charge in [0.25, 0.3) is 0 Å². The lowest BCUT2D eigenvalue weighted by Gasteiger charge is -2.00. The number of allylic oxidation sites excluding steroid dienone is 1. The van der Waals surface area contributed by atoms with Gasteiger partial charge in [-0.15, -0.1) is 0 Å². The minimum Gasteiger partial charge on any atom is -0.478 e. The Hall–Kier alpha value is -1.57. The second kappa shape index (κ2) is 6.83. The number of carboxylic acid groups (broad SMARTS) is 1. The summed E-state index contributed by atoms with van der Waals surface area (Å²) in [6.45, 7) is 2.08. The Labute approximate surface area is 96.6 Å². The third-order valence-corrected chi connectivity index (χ3v) is 2.47. The van der Waals surface area contributed by atoms with Crippen molar-refractivity contribution in [2.45, 2.75) is 32.6 Å². The Bertz CT molecular complexity index is 350. The van der Waals surface area contributed by atoms with E-state index in [0.29, 0.717) is 0 Å². The summed E-state index contributed by atoms with van der Waals surface area (Å²) in [6.07, 6.45) is 6.99. The lowest BCUT2D eigenvalue weighted by atomic mass is 10.1. The van der Waals surface area contributed by atoms with Gasteiger partial charge in [0.1, 0.15) is 0 Å². The van der Waals surface area contributed by atoms with Crippen LogP contribution < -0.4 is 0 Å². The summed E-state index contributed by atoms with van der Waals surface area (Å²) in [5.41, 5.74) is 2.64. The minimum absolute atomic E-state index is 0.845. The number of carbonyl (C=O) groups is 1. The summed E-state index contributed by atoms with van der Waals surface area (Å²) in [7, 11) is 0. The van der Waals surface area contributed by atoms with Gasteiger partial charge in [-0.1, -0.05) is 35.9 Å². The molecule has 1 aromatic carbocycles. The number of benzene rings is 1. The van der Waals surface area contributed by atoms with E-state index in [1.165, 1.54) is 17.2 Å². The van der Waals surface area contributed by atoms with Crippen LogP contribution in [0.25, 0.3) is 0 Å². The molecule has 1 N–H and O–H groups in total. The Morgan fingerprint density at radius 3 is 2.56 bits per heavy atom. The number of carboxylic acids is 1. The fraction of sp³-hybridized carbons (Fsp3) is 0.357. The maximum atomic E-state index is 10.2. The molecular formula is C14H18O2. The number of unbranched alkanes of at least 4 members (excludes halogenated alkanes) is 2. The molecule has 0 radical (unpaired) electrons. The summed E-state index contributed by atoms with van der Waals surface area (Å²) >= 11 is 0. The minimum atomic E-state index is -0.862. The number of aryl methyl sites for hydroxylation is 2. The number of hydrogen-bond acceptors (Lipinski definition) is 1. The molecule has 0 unspecified atom stereocenters. The average molecular weight is 218 g/mol. The van der Waals surface area contributed by atoms with Crippen LogP contribution in [0, 0.1) is 6.92 Å². The maximum Gasteiger partial charge on any atom is 0.327 e. The van der Waals surface area contributed by atoms with Crippen molar-refractivity contribution in [3.05, 3.63) is 47.5 Å². The van der Waals surface area contributed by atoms with Gasteiger partial charge >= 0.3 is 5.97 Å². The summed E-state index contributed by atoms with van der Waals surface area (Å²) in [5, 5.41) is 8.39. The third kappa shape index (κ3) is 5.35. The molecule has 0 amide bonds. The fourth-order valence-electron chi connectivity index (χ4n) is 1.53. The largest absolute Gasteiger partial charge is 0.478 e. The van der Waals surface area contributed by atoms with E-state index < -0.39 is 5.97 Å². The second-order valence-electron chi connectivity index (χ2n) is 3.97. The lowest BCUT2D eigenvalue weighted by molar-refractivity contribution is -0.131. The van der Waals surface area contributed by atoms with Crippen LogP contribution in [-0.4, -0.2) is 11.1 Å². The van der Waals surface area contributed by atoms with Gasteiger partial charge in [-0.2, -0.15) is 0 Å². The van der Waals surface area contributed by atoms with E-state index in [0.717, 1.165) is 25.7 Å². The van der Waals surface area contributed by atoms with Gasteiger partial charge in [0.05, 0.1) is 0 Å². The SMILES string of the molecule is Cc1ccc(CCCC/C=C/C(=O)O)cc1. The van der Waals surface area contributed by atoms with Crippen molar-refractivity contribution < 1.29 is 9.90 Å². The molecule has 0 saturated heterocycles. The highest BCUT2D eigenvalue weighted by molar-refractivity contribution is 5.79. The van der Waals surface area contributed by atoms with Gasteiger partial charge in [0.15, 0.2) is 0 Å². The molecule has 0 spiro atoms. The maximum absolute atomic E-state index is 10.2. The van der Waals surface area contributed by atoms with Crippen molar-refractivity contribution in [1.82, 2.24) is 0 Å². The van der Waals surface area contributed by atoms with Gasteiger partial charge in [-0.05, 0) is 38.2 Å². The molecule has 0 aliphatic heterocycles. The average Bonchev–Trinajstić information content (AvgIpc) is 2.25. The van der Waals surface area contributed by atoms with Crippen LogP contribution in [-0.2, 0) is 11.2 Å². The summed E-state index contributed by atoms with van der Waals surface area (Å²) in [5.74, 6) is -0.862. The quantitative estimate of drug-likeness (QED) is 0.587. The molecule has 86 valence electrons. The van der Waals surface area contributed by atoms with E-state index >= 15 is 0 Å². The Morgan fingerprint density at radius 1 is 1.25 bits per heavy atom. The van der Waals surface area contributed by atoms with E-state index in [9.17, 15) is 4.79 Å². The van der Waals surface area contributed by atoms with Crippen LogP contribution in [0.5, 0.6) is 0 Å². The first-order valence-corrected chi connectivity index (χ1v) is 5.63. The van der Waals surface area contributed by atoms with Crippen molar-refractivity contribution in [3.8, 4) is 0 Å². The molecule has 0 fully saturated rings. The molecule has 2 nitrogen and oxygen atoms in total. The van der Waals surface area contributed by atoms with Gasteiger partial charge in [0, 0.05) is 6.08 Å². The third-order valence-electron chi connectivity index (χ3n) is 2.47. The standard InChI is InChI=1S/C14H18O2/c1-12-8-10-13(11-9-12)6-4-2-3-5-7-14(15)16/h5,7-11H,2-4,6H2,1H3,(H,15,16)/b7-5+. The van der Waals surface area contributed by atoms with Crippen LogP contribution in [0.3, 0.4) is 0 Å². The molecule has 0 aliphatic carbocycles. The smallest absolute Gasteiger partial charge is 0.327 e. The first-order valence-electron chi connectivity index (χ1n) is 5.63. The van der Waals surface area contributed by atoms with E-state index in [2.05, 4.69) is 31.2 Å². The first-order chi connectivity index (χ1) is 7.68. The van der Waals surface area contributed by atoms with Gasteiger partial charge < -0.3 is 5.11 Å². The zero-order chi connectivity index (χ0) is 11.8. The van der Waals surface area contributed by atoms with E-state index in [1.807, 2.05) is 0 Å². The van der Waals surface area contributed by atoms with Crippen molar-refractivity contribution in [2.24, 2.45) is 0 Å². The summed E-state index contributed by atoms with van der Waals surface area (Å²) < 4.78 is 0. The van der Waals surface area contributed by atoms with E-state index in [4.69, 9.17) is 5.11 Å². The normalized spacial score (nSPS) is 10.8. The van der Waals surface area contributed by atoms with Gasteiger partial charge in [0.2, 0.25) is 0 Å². The van der Waals surface area contributed by atoms with Crippen molar-refractivity contribution in [2.75, 3.05) is 0 Å². The van der Waals surface area contributed by atoms with Crippen LogP contribution in [0.2, 0.25) is 0 Å². The topological polar surface area (TPSA) is 37.3 Å². The van der Waals surface area contributed by atoms with Crippen molar-refractivity contribution >= 4 is 5.97 Å². The van der Waals surface area contributed by atoms with E-state index in [1.54, 1.807) is 6.08 Å². The van der Waals surface area contributed by atoms with Crippen molar-refractivity contribution in [3.63, 3.8) is 0 Å². The zero-order valence-corrected chi connectivity index (χ0v) is 9.65. The highest BCUT2D eigenvalue weighted by Gasteiger charge is 1.93. The van der Waals surface area contributed by atoms with E-state index in [-0.39, 0.29) is 0 Å². The number of rotatable bonds is 6. The number of hydrogen-bond donors (Lipinski definition) is 1. The highest BCUT2D eigenvalue weighted by atomic mass is 16.4. The predicted octanol–water partition coefficient (Wildman–Crippen LogP) is 3.35. The lowest BCUT2D eigenvalue weighted by Crippen LogP contribution is -1.87.